The van der Waals surface area contributed by atoms with Crippen molar-refractivity contribution in [2.45, 2.75) is 31.6 Å². The Kier molecular flexibility index (Phi) is 7.59. The second-order valence-corrected chi connectivity index (χ2v) is 7.91. The van der Waals surface area contributed by atoms with Crippen LogP contribution in [-0.4, -0.2) is 87.8 Å². The summed E-state index contributed by atoms with van der Waals surface area (Å²) in [7, 11) is 0. The summed E-state index contributed by atoms with van der Waals surface area (Å²) in [5.41, 5.74) is 2.08. The molecule has 0 aliphatic carbocycles. The molecule has 2 aliphatic heterocycles. The summed E-state index contributed by atoms with van der Waals surface area (Å²) < 4.78 is 33.8. The van der Waals surface area contributed by atoms with Crippen LogP contribution >= 0.6 is 0 Å². The first-order valence-corrected chi connectivity index (χ1v) is 10.4. The highest BCUT2D eigenvalue weighted by Crippen LogP contribution is 2.24. The van der Waals surface area contributed by atoms with Crippen LogP contribution in [0.1, 0.15) is 12.1 Å². The van der Waals surface area contributed by atoms with E-state index in [1.165, 1.54) is 0 Å². The topological polar surface area (TPSA) is 111 Å². The number of halogens is 3. The molecule has 9 nitrogen and oxygen atoms in total. The molecule has 4 rings (SSSR count). The molecule has 2 fully saturated rings. The number of aryl methyl sites for hydroxylation is 1. The molecule has 0 unspecified atom stereocenters. The molecule has 0 bridgehead atoms. The van der Waals surface area contributed by atoms with Gasteiger partial charge in [-0.2, -0.15) is 18.3 Å². The third kappa shape index (κ3) is 6.23. The Balaban J connectivity index is 0.000000383. The van der Waals surface area contributed by atoms with E-state index in [2.05, 4.69) is 38.4 Å². The number of hydrogen-bond donors (Lipinski definition) is 3. The van der Waals surface area contributed by atoms with Crippen molar-refractivity contribution in [1.82, 2.24) is 20.0 Å². The fourth-order valence-corrected chi connectivity index (χ4v) is 3.97. The standard InChI is InChI=1S/C19H25N5O2.C2HF3O2/c1-14-11-18(24(21-14)15-5-3-2-4-6-15)23-9-7-22(8-10-23)16-12-17(19(25)26)20-13-16;3-2(4,5)1(6)7/h2-6,11,16-17,20H,7-10,12-13H2,1H3,(H,25,26);(H,6,7)/t16-,17-;/m0./s1. The number of rotatable bonds is 4. The molecule has 0 amide bonds. The van der Waals surface area contributed by atoms with Crippen molar-refractivity contribution in [1.29, 1.82) is 0 Å². The molecule has 2 saturated heterocycles. The van der Waals surface area contributed by atoms with E-state index >= 15 is 0 Å². The van der Waals surface area contributed by atoms with Gasteiger partial charge in [0.05, 0.1) is 11.4 Å². The zero-order valence-electron chi connectivity index (χ0n) is 18.0. The number of benzene rings is 1. The van der Waals surface area contributed by atoms with Gasteiger partial charge in [0.25, 0.3) is 0 Å². The molecular formula is C21H26F3N5O4. The second kappa shape index (κ2) is 10.2. The van der Waals surface area contributed by atoms with Gasteiger partial charge in [-0.25, -0.2) is 9.48 Å². The number of piperazine rings is 1. The monoisotopic (exact) mass is 469 g/mol. The van der Waals surface area contributed by atoms with Gasteiger partial charge in [-0.1, -0.05) is 18.2 Å². The molecule has 2 aliphatic rings. The molecule has 2 atom stereocenters. The number of aliphatic carboxylic acids is 2. The maximum atomic E-state index is 11.1. The lowest BCUT2D eigenvalue weighted by molar-refractivity contribution is -0.192. The van der Waals surface area contributed by atoms with Gasteiger partial charge in [0, 0.05) is 44.8 Å². The van der Waals surface area contributed by atoms with Crippen LogP contribution in [0.4, 0.5) is 19.0 Å². The fourth-order valence-electron chi connectivity index (χ4n) is 3.97. The van der Waals surface area contributed by atoms with Crippen molar-refractivity contribution in [3.05, 3.63) is 42.1 Å². The Morgan fingerprint density at radius 3 is 2.21 bits per heavy atom. The van der Waals surface area contributed by atoms with Crippen LogP contribution in [-0.2, 0) is 9.59 Å². The maximum Gasteiger partial charge on any atom is 0.490 e. The third-order valence-electron chi connectivity index (χ3n) is 5.62. The Morgan fingerprint density at radius 1 is 1.09 bits per heavy atom. The molecular weight excluding hydrogens is 443 g/mol. The summed E-state index contributed by atoms with van der Waals surface area (Å²) in [5.74, 6) is -2.37. The van der Waals surface area contributed by atoms with Crippen LogP contribution in [0, 0.1) is 6.92 Å². The van der Waals surface area contributed by atoms with Crippen molar-refractivity contribution in [2.24, 2.45) is 0 Å². The van der Waals surface area contributed by atoms with Gasteiger partial charge in [-0.05, 0) is 25.5 Å². The average molecular weight is 469 g/mol. The van der Waals surface area contributed by atoms with E-state index in [-0.39, 0.29) is 0 Å². The molecule has 1 aromatic carbocycles. The van der Waals surface area contributed by atoms with Crippen LogP contribution in [0.2, 0.25) is 0 Å². The molecule has 2 aromatic rings. The Labute approximate surface area is 188 Å². The minimum absolute atomic E-state index is 0.319. The molecule has 33 heavy (non-hydrogen) atoms. The number of nitrogens with zero attached hydrogens (tertiary/aromatic N) is 4. The molecule has 0 saturated carbocycles. The van der Waals surface area contributed by atoms with Gasteiger partial charge in [-0.15, -0.1) is 0 Å². The number of alkyl halides is 3. The van der Waals surface area contributed by atoms with E-state index in [1.807, 2.05) is 29.8 Å². The van der Waals surface area contributed by atoms with Crippen molar-refractivity contribution in [2.75, 3.05) is 37.6 Å². The maximum absolute atomic E-state index is 11.1. The quantitative estimate of drug-likeness (QED) is 0.621. The molecule has 3 heterocycles. The van der Waals surface area contributed by atoms with E-state index in [9.17, 15) is 18.0 Å². The summed E-state index contributed by atoms with van der Waals surface area (Å²) in [6.45, 7) is 6.52. The average Bonchev–Trinajstić information content (AvgIpc) is 3.42. The number of carboxylic acids is 2. The number of para-hydroxylation sites is 1. The van der Waals surface area contributed by atoms with E-state index in [4.69, 9.17) is 15.0 Å². The van der Waals surface area contributed by atoms with Crippen LogP contribution in [0.3, 0.4) is 0 Å². The SMILES string of the molecule is Cc1cc(N2CCN([C@@H]3CN[C@H](C(=O)O)C3)CC2)n(-c2ccccc2)n1.O=C(O)C(F)(F)F. The highest BCUT2D eigenvalue weighted by atomic mass is 19.4. The zero-order valence-corrected chi connectivity index (χ0v) is 18.0. The number of nitrogens with one attached hydrogen (secondary N) is 1. The van der Waals surface area contributed by atoms with Crippen LogP contribution < -0.4 is 10.2 Å². The summed E-state index contributed by atoms with van der Waals surface area (Å²) in [6.07, 6.45) is -4.39. The Bertz CT molecular complexity index is 959. The fraction of sp³-hybridized carbons (Fsp3) is 0.476. The summed E-state index contributed by atoms with van der Waals surface area (Å²) in [6, 6.07) is 12.3. The van der Waals surface area contributed by atoms with Gasteiger partial charge < -0.3 is 20.4 Å². The number of anilines is 1. The number of carboxylic acid groups (broad SMARTS) is 2. The lowest BCUT2D eigenvalue weighted by Gasteiger charge is -2.38. The lowest BCUT2D eigenvalue weighted by Crippen LogP contribution is -2.51. The third-order valence-corrected chi connectivity index (χ3v) is 5.62. The molecule has 180 valence electrons. The van der Waals surface area contributed by atoms with E-state index in [1.54, 1.807) is 0 Å². The lowest BCUT2D eigenvalue weighted by atomic mass is 10.1. The first kappa shape index (κ1) is 24.5. The van der Waals surface area contributed by atoms with Crippen LogP contribution in [0.5, 0.6) is 0 Å². The molecule has 1 aromatic heterocycles. The largest absolute Gasteiger partial charge is 0.490 e. The zero-order chi connectivity index (χ0) is 24.2. The first-order valence-electron chi connectivity index (χ1n) is 10.4. The number of hydrogen-bond acceptors (Lipinski definition) is 6. The van der Waals surface area contributed by atoms with Crippen LogP contribution in [0.25, 0.3) is 5.69 Å². The summed E-state index contributed by atoms with van der Waals surface area (Å²) >= 11 is 0. The number of carbonyl (C=O) groups is 2. The van der Waals surface area contributed by atoms with Crippen molar-refractivity contribution >= 4 is 17.8 Å². The van der Waals surface area contributed by atoms with Gasteiger partial charge >= 0.3 is 18.1 Å². The normalized spacial score (nSPS) is 21.4. The summed E-state index contributed by atoms with van der Waals surface area (Å²) in [5, 5.41) is 24.1. The van der Waals surface area contributed by atoms with Crippen LogP contribution in [0.15, 0.2) is 36.4 Å². The van der Waals surface area contributed by atoms with E-state index in [0.29, 0.717) is 12.5 Å². The minimum Gasteiger partial charge on any atom is -0.480 e. The highest BCUT2D eigenvalue weighted by Gasteiger charge is 2.38. The van der Waals surface area contributed by atoms with Crippen molar-refractivity contribution < 1.29 is 33.0 Å². The predicted octanol–water partition coefficient (Wildman–Crippen LogP) is 1.75. The highest BCUT2D eigenvalue weighted by molar-refractivity contribution is 5.74. The predicted molar refractivity (Wildman–Crippen MR) is 114 cm³/mol. The Hall–Kier alpha value is -3.12. The van der Waals surface area contributed by atoms with E-state index < -0.39 is 24.2 Å². The number of aromatic nitrogens is 2. The van der Waals surface area contributed by atoms with E-state index in [0.717, 1.165) is 49.9 Å². The second-order valence-electron chi connectivity index (χ2n) is 7.91. The molecule has 0 radical (unpaired) electrons. The van der Waals surface area contributed by atoms with Gasteiger partial charge in [0.2, 0.25) is 0 Å². The molecule has 3 N–H and O–H groups in total. The molecule has 12 heteroatoms. The van der Waals surface area contributed by atoms with Gasteiger partial charge in [-0.3, -0.25) is 9.69 Å². The van der Waals surface area contributed by atoms with Gasteiger partial charge in [0.1, 0.15) is 11.9 Å². The molecule has 0 spiro atoms. The van der Waals surface area contributed by atoms with Gasteiger partial charge in [0.15, 0.2) is 0 Å². The van der Waals surface area contributed by atoms with Crippen molar-refractivity contribution in [3.8, 4) is 5.69 Å². The first-order chi connectivity index (χ1) is 15.6. The smallest absolute Gasteiger partial charge is 0.480 e. The summed E-state index contributed by atoms with van der Waals surface area (Å²) in [4.78, 5) is 24.8. The minimum atomic E-state index is -5.08. The Morgan fingerprint density at radius 2 is 1.70 bits per heavy atom. The van der Waals surface area contributed by atoms with Crippen molar-refractivity contribution in [3.63, 3.8) is 0 Å².